The Balaban J connectivity index is 2.29. The Hall–Kier alpha value is -1.66. The number of benzene rings is 1. The van der Waals surface area contributed by atoms with Crippen LogP contribution in [0.2, 0.25) is 0 Å². The molecule has 0 radical (unpaired) electrons. The summed E-state index contributed by atoms with van der Waals surface area (Å²) < 4.78 is 25.6. The molecule has 1 saturated carbocycles. The topological polar surface area (TPSA) is 74.7 Å². The number of aliphatic carboxylic acids is 1. The second kappa shape index (κ2) is 5.03. The molecule has 0 amide bonds. The van der Waals surface area contributed by atoms with Gasteiger partial charge in [-0.15, -0.1) is 6.58 Å². The second-order valence-corrected chi connectivity index (χ2v) is 7.03. The van der Waals surface area contributed by atoms with Crippen molar-refractivity contribution in [1.82, 2.24) is 4.31 Å². The fourth-order valence-corrected chi connectivity index (χ4v) is 3.30. The monoisotopic (exact) mass is 295 g/mol. The minimum Gasteiger partial charge on any atom is -0.481 e. The minimum absolute atomic E-state index is 0.159. The molecule has 5 nitrogen and oxygen atoms in total. The van der Waals surface area contributed by atoms with E-state index in [0.29, 0.717) is 18.4 Å². The van der Waals surface area contributed by atoms with Crippen molar-refractivity contribution >= 4 is 16.0 Å². The van der Waals surface area contributed by atoms with Gasteiger partial charge in [-0.2, -0.15) is 4.31 Å². The van der Waals surface area contributed by atoms with E-state index >= 15 is 0 Å². The van der Waals surface area contributed by atoms with Gasteiger partial charge in [-0.3, -0.25) is 4.79 Å². The van der Waals surface area contributed by atoms with Gasteiger partial charge in [0.1, 0.15) is 0 Å². The third-order valence-corrected chi connectivity index (χ3v) is 5.50. The molecule has 6 heteroatoms. The molecular weight excluding hydrogens is 278 g/mol. The van der Waals surface area contributed by atoms with Crippen LogP contribution in [0, 0.1) is 0 Å². The molecular formula is C14H17NO4S. The zero-order valence-corrected chi connectivity index (χ0v) is 12.1. The first-order valence-electron chi connectivity index (χ1n) is 6.26. The molecule has 1 aliphatic carbocycles. The van der Waals surface area contributed by atoms with Crippen molar-refractivity contribution in [2.24, 2.45) is 0 Å². The van der Waals surface area contributed by atoms with Crippen LogP contribution in [0.4, 0.5) is 0 Å². The first-order chi connectivity index (χ1) is 9.34. The number of sulfonamides is 1. The van der Waals surface area contributed by atoms with E-state index in [4.69, 9.17) is 0 Å². The lowest BCUT2D eigenvalue weighted by Gasteiger charge is -2.16. The minimum atomic E-state index is -3.55. The summed E-state index contributed by atoms with van der Waals surface area (Å²) in [6, 6.07) is 6.12. The van der Waals surface area contributed by atoms with Crippen molar-refractivity contribution in [2.45, 2.75) is 23.2 Å². The standard InChI is InChI=1S/C14H17NO4S/c1-3-10-15(2)20(18,19)12-6-4-11(5-7-12)14(8-9-14)13(16)17/h3-7H,1,8-10H2,2H3,(H,16,17). The predicted molar refractivity (Wildman–Crippen MR) is 75.0 cm³/mol. The summed E-state index contributed by atoms with van der Waals surface area (Å²) in [5, 5.41) is 9.21. The summed E-state index contributed by atoms with van der Waals surface area (Å²) in [4.78, 5) is 11.4. The van der Waals surface area contributed by atoms with Gasteiger partial charge >= 0.3 is 5.97 Å². The van der Waals surface area contributed by atoms with E-state index in [2.05, 4.69) is 6.58 Å². The van der Waals surface area contributed by atoms with Crippen molar-refractivity contribution in [3.63, 3.8) is 0 Å². The van der Waals surface area contributed by atoms with Crippen LogP contribution in [0.5, 0.6) is 0 Å². The van der Waals surface area contributed by atoms with Crippen molar-refractivity contribution in [2.75, 3.05) is 13.6 Å². The molecule has 0 heterocycles. The molecule has 0 unspecified atom stereocenters. The average molecular weight is 295 g/mol. The van der Waals surface area contributed by atoms with E-state index < -0.39 is 21.4 Å². The zero-order chi connectivity index (χ0) is 15.0. The van der Waals surface area contributed by atoms with E-state index in [1.54, 1.807) is 12.1 Å². The van der Waals surface area contributed by atoms with Crippen LogP contribution in [0.1, 0.15) is 18.4 Å². The lowest BCUT2D eigenvalue weighted by Crippen LogP contribution is -2.27. The van der Waals surface area contributed by atoms with Crippen LogP contribution >= 0.6 is 0 Å². The smallest absolute Gasteiger partial charge is 0.314 e. The van der Waals surface area contributed by atoms with Crippen LogP contribution in [0.15, 0.2) is 41.8 Å². The lowest BCUT2D eigenvalue weighted by atomic mass is 9.96. The number of carbonyl (C=O) groups is 1. The van der Waals surface area contributed by atoms with Crippen LogP contribution in [0.3, 0.4) is 0 Å². The Morgan fingerprint density at radius 2 is 1.95 bits per heavy atom. The molecule has 1 aromatic carbocycles. The Labute approximate surface area is 118 Å². The van der Waals surface area contributed by atoms with Gasteiger partial charge in [-0.05, 0) is 30.5 Å². The Bertz CT molecular complexity index is 630. The first kappa shape index (κ1) is 14.7. The maximum Gasteiger partial charge on any atom is 0.314 e. The highest BCUT2D eigenvalue weighted by Gasteiger charge is 2.51. The summed E-state index contributed by atoms with van der Waals surface area (Å²) in [6.45, 7) is 3.74. The van der Waals surface area contributed by atoms with Gasteiger partial charge < -0.3 is 5.11 Å². The molecule has 0 saturated heterocycles. The number of hydrogen-bond donors (Lipinski definition) is 1. The van der Waals surface area contributed by atoms with Crippen LogP contribution < -0.4 is 0 Å². The van der Waals surface area contributed by atoms with Gasteiger partial charge in [0.25, 0.3) is 0 Å². The van der Waals surface area contributed by atoms with Crippen molar-refractivity contribution in [3.05, 3.63) is 42.5 Å². The normalized spacial score (nSPS) is 16.9. The van der Waals surface area contributed by atoms with Crippen LogP contribution in [0.25, 0.3) is 0 Å². The summed E-state index contributed by atoms with van der Waals surface area (Å²) in [5.74, 6) is -0.850. The molecule has 1 aliphatic rings. The number of hydrogen-bond acceptors (Lipinski definition) is 3. The maximum absolute atomic E-state index is 12.2. The number of rotatable bonds is 6. The summed E-state index contributed by atoms with van der Waals surface area (Å²) >= 11 is 0. The van der Waals surface area contributed by atoms with Crippen molar-refractivity contribution in [3.8, 4) is 0 Å². The highest BCUT2D eigenvalue weighted by molar-refractivity contribution is 7.89. The lowest BCUT2D eigenvalue weighted by molar-refractivity contribution is -0.140. The predicted octanol–water partition coefficient (Wildman–Crippen LogP) is 1.61. The molecule has 108 valence electrons. The van der Waals surface area contributed by atoms with Gasteiger partial charge in [-0.1, -0.05) is 18.2 Å². The first-order valence-corrected chi connectivity index (χ1v) is 7.70. The zero-order valence-electron chi connectivity index (χ0n) is 11.2. The third kappa shape index (κ3) is 2.36. The molecule has 1 N–H and O–H groups in total. The van der Waals surface area contributed by atoms with Crippen LogP contribution in [-0.4, -0.2) is 37.4 Å². The Morgan fingerprint density at radius 3 is 2.35 bits per heavy atom. The molecule has 0 spiro atoms. The maximum atomic E-state index is 12.2. The highest BCUT2D eigenvalue weighted by Crippen LogP contribution is 2.48. The average Bonchev–Trinajstić information content (AvgIpc) is 3.20. The Kier molecular flexibility index (Phi) is 3.71. The quantitative estimate of drug-likeness (QED) is 0.809. The van der Waals surface area contributed by atoms with Gasteiger partial charge in [0.2, 0.25) is 10.0 Å². The molecule has 0 bridgehead atoms. The molecule has 0 aromatic heterocycles. The van der Waals surface area contributed by atoms with Crippen LogP contribution in [-0.2, 0) is 20.2 Å². The summed E-state index contributed by atoms with van der Waals surface area (Å²) in [7, 11) is -2.07. The van der Waals surface area contributed by atoms with E-state index in [-0.39, 0.29) is 11.4 Å². The van der Waals surface area contributed by atoms with E-state index in [1.807, 2.05) is 0 Å². The summed E-state index contributed by atoms with van der Waals surface area (Å²) in [5.41, 5.74) is -0.148. The molecule has 1 fully saturated rings. The molecule has 2 rings (SSSR count). The summed E-state index contributed by atoms with van der Waals surface area (Å²) in [6.07, 6.45) is 2.71. The second-order valence-electron chi connectivity index (χ2n) is 4.99. The van der Waals surface area contributed by atoms with Crippen molar-refractivity contribution < 1.29 is 18.3 Å². The van der Waals surface area contributed by atoms with Gasteiger partial charge in [0, 0.05) is 13.6 Å². The highest BCUT2D eigenvalue weighted by atomic mass is 32.2. The Morgan fingerprint density at radius 1 is 1.40 bits per heavy atom. The van der Waals surface area contributed by atoms with E-state index in [9.17, 15) is 18.3 Å². The van der Waals surface area contributed by atoms with Crippen molar-refractivity contribution in [1.29, 1.82) is 0 Å². The fourth-order valence-electron chi connectivity index (χ4n) is 2.16. The van der Waals surface area contributed by atoms with Gasteiger partial charge in [-0.25, -0.2) is 8.42 Å². The SMILES string of the molecule is C=CCN(C)S(=O)(=O)c1ccc(C2(C(=O)O)CC2)cc1. The van der Waals surface area contributed by atoms with Gasteiger partial charge in [0.15, 0.2) is 0 Å². The molecule has 0 atom stereocenters. The molecule has 1 aromatic rings. The molecule has 0 aliphatic heterocycles. The largest absolute Gasteiger partial charge is 0.481 e. The number of nitrogens with zero attached hydrogens (tertiary/aromatic N) is 1. The van der Waals surface area contributed by atoms with Gasteiger partial charge in [0.05, 0.1) is 10.3 Å². The molecule has 20 heavy (non-hydrogen) atoms. The number of carboxylic acid groups (broad SMARTS) is 1. The number of likely N-dealkylation sites (N-methyl/N-ethyl adjacent to an activating group) is 1. The van der Waals surface area contributed by atoms with E-state index in [1.165, 1.54) is 29.6 Å². The third-order valence-electron chi connectivity index (χ3n) is 3.66. The fraction of sp³-hybridized carbons (Fsp3) is 0.357. The number of carboxylic acids is 1. The van der Waals surface area contributed by atoms with E-state index in [0.717, 1.165) is 0 Å².